The Morgan fingerprint density at radius 1 is 1.14 bits per heavy atom. The van der Waals surface area contributed by atoms with Crippen LogP contribution in [0.25, 0.3) is 11.0 Å². The van der Waals surface area contributed by atoms with Crippen molar-refractivity contribution in [1.29, 1.82) is 0 Å². The van der Waals surface area contributed by atoms with Crippen LogP contribution >= 0.6 is 0 Å². The summed E-state index contributed by atoms with van der Waals surface area (Å²) in [5, 5.41) is 11.7. The molecule has 35 heavy (non-hydrogen) atoms. The number of aromatic nitrogens is 3. The van der Waals surface area contributed by atoms with E-state index in [2.05, 4.69) is 25.8 Å². The minimum absolute atomic E-state index is 0.0286. The van der Waals surface area contributed by atoms with Gasteiger partial charge in [-0.1, -0.05) is 13.8 Å². The lowest BCUT2D eigenvalue weighted by atomic mass is 9.44. The largest absolute Gasteiger partial charge is 0.390 e. The van der Waals surface area contributed by atoms with Crippen molar-refractivity contribution < 1.29 is 9.84 Å². The highest BCUT2D eigenvalue weighted by Crippen LogP contribution is 2.67. The van der Waals surface area contributed by atoms with Crippen molar-refractivity contribution in [3.63, 3.8) is 0 Å². The Morgan fingerprint density at radius 2 is 1.91 bits per heavy atom. The highest BCUT2D eigenvalue weighted by molar-refractivity contribution is 5.75. The maximum absolute atomic E-state index is 12.8. The zero-order valence-electron chi connectivity index (χ0n) is 21.5. The van der Waals surface area contributed by atoms with Crippen molar-refractivity contribution >= 4 is 11.0 Å². The molecule has 7 nitrogen and oxygen atoms in total. The predicted octanol–water partition coefficient (Wildman–Crippen LogP) is 3.44. The molecule has 0 radical (unpaired) electrons. The van der Waals surface area contributed by atoms with Gasteiger partial charge in [-0.2, -0.15) is 0 Å². The van der Waals surface area contributed by atoms with E-state index in [-0.39, 0.29) is 16.4 Å². The molecule has 6 rings (SSSR count). The second-order valence-corrected chi connectivity index (χ2v) is 12.7. The van der Waals surface area contributed by atoms with Crippen LogP contribution in [0.2, 0.25) is 0 Å². The zero-order valence-corrected chi connectivity index (χ0v) is 21.5. The summed E-state index contributed by atoms with van der Waals surface area (Å²) in [5.74, 6) is 2.48. The third-order valence-corrected chi connectivity index (χ3v) is 11.3. The maximum atomic E-state index is 12.8. The summed E-state index contributed by atoms with van der Waals surface area (Å²) in [6.45, 7) is 7.65. The van der Waals surface area contributed by atoms with Gasteiger partial charge in [-0.3, -0.25) is 14.3 Å². The van der Waals surface area contributed by atoms with Crippen LogP contribution in [-0.4, -0.2) is 39.0 Å². The first kappa shape index (κ1) is 23.4. The van der Waals surface area contributed by atoms with E-state index >= 15 is 0 Å². The number of nitrogens with zero attached hydrogens (tertiary/aromatic N) is 2. The number of pyridine rings is 1. The first-order valence-corrected chi connectivity index (χ1v) is 13.5. The van der Waals surface area contributed by atoms with Crippen molar-refractivity contribution in [2.75, 3.05) is 13.7 Å². The average molecular weight is 482 g/mol. The zero-order chi connectivity index (χ0) is 24.8. The smallest absolute Gasteiger partial charge is 0.330 e. The van der Waals surface area contributed by atoms with Crippen molar-refractivity contribution in [3.8, 4) is 0 Å². The van der Waals surface area contributed by atoms with Crippen LogP contribution in [0.4, 0.5) is 0 Å². The maximum Gasteiger partial charge on any atom is 0.330 e. The number of fused-ring (bicyclic) bond motifs is 7. The second kappa shape index (κ2) is 7.75. The Bertz CT molecular complexity index is 1300. The van der Waals surface area contributed by atoms with E-state index in [0.717, 1.165) is 37.8 Å². The molecule has 7 unspecified atom stereocenters. The number of hydrogen-bond acceptors (Lipinski definition) is 5. The van der Waals surface area contributed by atoms with Crippen molar-refractivity contribution in [1.82, 2.24) is 14.5 Å². The second-order valence-electron chi connectivity index (χ2n) is 12.7. The van der Waals surface area contributed by atoms with Crippen LogP contribution in [-0.2, 0) is 24.1 Å². The van der Waals surface area contributed by atoms with E-state index in [1.807, 2.05) is 6.07 Å². The number of ether oxygens (including phenoxy) is 1. The molecule has 0 amide bonds. The summed E-state index contributed by atoms with van der Waals surface area (Å²) in [6, 6.07) is 2.01. The molecule has 3 saturated carbocycles. The molecule has 4 aliphatic carbocycles. The van der Waals surface area contributed by atoms with E-state index in [1.165, 1.54) is 24.8 Å². The average Bonchev–Trinajstić information content (AvgIpc) is 3.05. The number of aromatic amines is 1. The lowest BCUT2D eigenvalue weighted by Gasteiger charge is -2.61. The normalized spacial score (nSPS) is 40.1. The Morgan fingerprint density at radius 3 is 2.69 bits per heavy atom. The van der Waals surface area contributed by atoms with Crippen LogP contribution in [0.3, 0.4) is 0 Å². The van der Waals surface area contributed by atoms with Crippen molar-refractivity contribution in [3.05, 3.63) is 38.2 Å². The highest BCUT2D eigenvalue weighted by atomic mass is 16.5. The number of rotatable bonds is 3. The minimum atomic E-state index is -0.554. The van der Waals surface area contributed by atoms with Gasteiger partial charge in [-0.25, -0.2) is 9.78 Å². The summed E-state index contributed by atoms with van der Waals surface area (Å²) in [7, 11) is 1.60. The van der Waals surface area contributed by atoms with E-state index in [1.54, 1.807) is 11.7 Å². The summed E-state index contributed by atoms with van der Waals surface area (Å²) >= 11 is 0. The topological polar surface area (TPSA) is 97.2 Å². The van der Waals surface area contributed by atoms with E-state index < -0.39 is 11.3 Å². The summed E-state index contributed by atoms with van der Waals surface area (Å²) in [5.41, 5.74) is 1.58. The Kier molecular flexibility index (Phi) is 5.19. The molecule has 2 aromatic heterocycles. The van der Waals surface area contributed by atoms with E-state index in [4.69, 9.17) is 9.72 Å². The van der Waals surface area contributed by atoms with Gasteiger partial charge >= 0.3 is 5.69 Å². The Labute approximate surface area is 206 Å². The van der Waals surface area contributed by atoms with E-state index in [0.29, 0.717) is 47.9 Å². The molecule has 0 spiro atoms. The number of nitrogens with one attached hydrogen (secondary N) is 1. The molecule has 7 atom stereocenters. The molecule has 2 N–H and O–H groups in total. The quantitative estimate of drug-likeness (QED) is 0.700. The van der Waals surface area contributed by atoms with Gasteiger partial charge < -0.3 is 9.84 Å². The van der Waals surface area contributed by atoms with E-state index in [9.17, 15) is 14.7 Å². The van der Waals surface area contributed by atoms with Gasteiger partial charge in [0.15, 0.2) is 0 Å². The summed E-state index contributed by atoms with van der Waals surface area (Å²) < 4.78 is 6.72. The Hall–Kier alpha value is -1.99. The fourth-order valence-electron chi connectivity index (χ4n) is 9.04. The van der Waals surface area contributed by atoms with Crippen molar-refractivity contribution in [2.24, 2.45) is 34.5 Å². The molecule has 2 heterocycles. The van der Waals surface area contributed by atoms with Gasteiger partial charge in [-0.05, 0) is 104 Å². The third kappa shape index (κ3) is 3.19. The number of hydrogen-bond donors (Lipinski definition) is 2. The molecule has 2 aromatic rings. The first-order valence-electron chi connectivity index (χ1n) is 13.5. The molecule has 0 aliphatic heterocycles. The molecule has 0 saturated heterocycles. The summed E-state index contributed by atoms with van der Waals surface area (Å²) in [6.07, 6.45) is 8.62. The monoisotopic (exact) mass is 481 g/mol. The minimum Gasteiger partial charge on any atom is -0.390 e. The number of H-pyrrole nitrogens is 1. The van der Waals surface area contributed by atoms with Gasteiger partial charge in [0.25, 0.3) is 5.56 Å². The van der Waals surface area contributed by atoms with Crippen LogP contribution < -0.4 is 11.2 Å². The highest BCUT2D eigenvalue weighted by Gasteiger charge is 2.63. The van der Waals surface area contributed by atoms with Gasteiger partial charge in [0.2, 0.25) is 0 Å². The predicted molar refractivity (Wildman–Crippen MR) is 134 cm³/mol. The van der Waals surface area contributed by atoms with Crippen LogP contribution in [0, 0.1) is 34.5 Å². The standard InChI is InChI=1S/C28H39N3O4/c1-26-15-16-13-19-23(31(11-12-35-4)25(33)30-24(19)32)29-22(16)14-17(26)5-6-18-20(26)7-9-27(2)21(18)8-10-28(27,3)34/h13,17-18,20-21,34H,5-12,14-15H2,1-4H3,(H,30,32,33). The SMILES string of the molecule is COCCn1c(=O)[nH]c(=O)c2cc3c(nc21)CC1CCC2C(CCC4(C)C2CCC4(C)O)C1(C)C3. The molecule has 3 fully saturated rings. The van der Waals surface area contributed by atoms with Gasteiger partial charge in [0, 0.05) is 12.8 Å². The molecule has 7 heteroatoms. The number of aliphatic hydroxyl groups is 1. The molecule has 0 bridgehead atoms. The third-order valence-electron chi connectivity index (χ3n) is 11.3. The lowest BCUT2D eigenvalue weighted by Crippen LogP contribution is -2.56. The lowest BCUT2D eigenvalue weighted by molar-refractivity contribution is -0.139. The molecule has 0 aromatic carbocycles. The Balaban J connectivity index is 1.39. The summed E-state index contributed by atoms with van der Waals surface area (Å²) in [4.78, 5) is 32.7. The molecule has 4 aliphatic rings. The number of methoxy groups -OCH3 is 1. The van der Waals surface area contributed by atoms with Gasteiger partial charge in [-0.15, -0.1) is 0 Å². The van der Waals surface area contributed by atoms with Crippen LogP contribution in [0.15, 0.2) is 15.7 Å². The molecule has 190 valence electrons. The molecular formula is C28H39N3O4. The van der Waals surface area contributed by atoms with Gasteiger partial charge in [0.05, 0.1) is 24.1 Å². The van der Waals surface area contributed by atoms with Gasteiger partial charge in [0.1, 0.15) is 5.65 Å². The first-order chi connectivity index (χ1) is 16.6. The molecular weight excluding hydrogens is 442 g/mol. The van der Waals surface area contributed by atoms with Crippen LogP contribution in [0.5, 0.6) is 0 Å². The van der Waals surface area contributed by atoms with Crippen LogP contribution in [0.1, 0.15) is 70.6 Å². The fourth-order valence-corrected chi connectivity index (χ4v) is 9.04. The van der Waals surface area contributed by atoms with Crippen molar-refractivity contribution in [2.45, 2.75) is 84.3 Å². The fraction of sp³-hybridized carbons (Fsp3) is 0.750.